The van der Waals surface area contributed by atoms with Crippen molar-refractivity contribution in [1.29, 1.82) is 0 Å². The molecule has 0 saturated heterocycles. The molecule has 50 heavy (non-hydrogen) atoms. The summed E-state index contributed by atoms with van der Waals surface area (Å²) in [6, 6.07) is 71.1. The van der Waals surface area contributed by atoms with E-state index in [0.29, 0.717) is 0 Å². The van der Waals surface area contributed by atoms with Crippen LogP contribution in [-0.2, 0) is 0 Å². The molecule has 2 nitrogen and oxygen atoms in total. The molecule has 0 radical (unpaired) electrons. The molecule has 0 fully saturated rings. The van der Waals surface area contributed by atoms with Crippen LogP contribution in [0.5, 0.6) is 0 Å². The summed E-state index contributed by atoms with van der Waals surface area (Å²) in [4.78, 5) is 2.34. The second kappa shape index (κ2) is 12.8. The molecule has 0 atom stereocenters. The Kier molecular flexibility index (Phi) is 7.53. The molecule has 0 spiro atoms. The Morgan fingerprint density at radius 1 is 0.300 bits per heavy atom. The Labute approximate surface area is 292 Å². The molecule has 0 aliphatic heterocycles. The number of furan rings is 1. The van der Waals surface area contributed by atoms with Gasteiger partial charge in [-0.3, -0.25) is 0 Å². The summed E-state index contributed by atoms with van der Waals surface area (Å²) in [5, 5.41) is 2.24. The van der Waals surface area contributed by atoms with Gasteiger partial charge in [0.05, 0.1) is 5.69 Å². The van der Waals surface area contributed by atoms with Gasteiger partial charge in [-0.25, -0.2) is 0 Å². The minimum Gasteiger partial charge on any atom is -0.456 e. The molecule has 0 aliphatic rings. The number of fused-ring (bicyclic) bond motifs is 3. The van der Waals surface area contributed by atoms with Crippen LogP contribution in [0.3, 0.4) is 0 Å². The van der Waals surface area contributed by atoms with Crippen LogP contribution in [0, 0.1) is 0 Å². The van der Waals surface area contributed by atoms with Crippen LogP contribution in [0.15, 0.2) is 205 Å². The standard InChI is InChI=1S/C48H33NO/c1-3-12-34(13-4-1)36-22-24-38(25-23-36)43-18-7-9-20-46(43)49(42-30-31-45-44-19-8-10-21-47(44)50-48(45)33-42)41-28-26-37(27-29-41)40-17-11-16-39(32-40)35-14-5-2-6-15-35/h1-33H. The van der Waals surface area contributed by atoms with Crippen molar-refractivity contribution < 1.29 is 4.42 Å². The lowest BCUT2D eigenvalue weighted by molar-refractivity contribution is 0.669. The number of hydrogen-bond donors (Lipinski definition) is 0. The van der Waals surface area contributed by atoms with Gasteiger partial charge in [-0.1, -0.05) is 152 Å². The smallest absolute Gasteiger partial charge is 0.137 e. The molecule has 0 saturated carbocycles. The van der Waals surface area contributed by atoms with Gasteiger partial charge in [-0.05, 0) is 81.4 Å². The summed E-state index contributed by atoms with van der Waals surface area (Å²) in [5.74, 6) is 0. The predicted octanol–water partition coefficient (Wildman–Crippen LogP) is 13.7. The fraction of sp³-hybridized carbons (Fsp3) is 0. The molecule has 236 valence electrons. The lowest BCUT2D eigenvalue weighted by Crippen LogP contribution is -2.11. The van der Waals surface area contributed by atoms with Crippen LogP contribution in [-0.4, -0.2) is 0 Å². The third kappa shape index (κ3) is 5.53. The molecule has 0 unspecified atom stereocenters. The molecule has 0 bridgehead atoms. The molecule has 9 aromatic rings. The van der Waals surface area contributed by atoms with Crippen LogP contribution < -0.4 is 4.90 Å². The molecule has 2 heteroatoms. The van der Waals surface area contributed by atoms with Crippen molar-refractivity contribution in [1.82, 2.24) is 0 Å². The minimum atomic E-state index is 0.868. The van der Waals surface area contributed by atoms with E-state index in [1.807, 2.05) is 12.1 Å². The molecule has 0 N–H and O–H groups in total. The molecule has 9 rings (SSSR count). The van der Waals surface area contributed by atoms with Gasteiger partial charge in [-0.2, -0.15) is 0 Å². The van der Waals surface area contributed by atoms with E-state index < -0.39 is 0 Å². The van der Waals surface area contributed by atoms with E-state index in [2.05, 4.69) is 193 Å². The van der Waals surface area contributed by atoms with E-state index in [4.69, 9.17) is 4.42 Å². The monoisotopic (exact) mass is 639 g/mol. The topological polar surface area (TPSA) is 16.4 Å². The van der Waals surface area contributed by atoms with Gasteiger partial charge in [0.1, 0.15) is 11.2 Å². The highest BCUT2D eigenvalue weighted by Crippen LogP contribution is 2.43. The summed E-state index contributed by atoms with van der Waals surface area (Å²) >= 11 is 0. The Hall–Kier alpha value is -6.64. The zero-order chi connectivity index (χ0) is 33.3. The Morgan fingerprint density at radius 3 is 1.54 bits per heavy atom. The van der Waals surface area contributed by atoms with Crippen LogP contribution in [0.4, 0.5) is 17.1 Å². The minimum absolute atomic E-state index is 0.868. The second-order valence-electron chi connectivity index (χ2n) is 12.6. The average Bonchev–Trinajstić information content (AvgIpc) is 3.57. The predicted molar refractivity (Wildman–Crippen MR) is 210 cm³/mol. The van der Waals surface area contributed by atoms with E-state index in [9.17, 15) is 0 Å². The first kappa shape index (κ1) is 29.5. The van der Waals surface area contributed by atoms with E-state index >= 15 is 0 Å². The van der Waals surface area contributed by atoms with Crippen LogP contribution in [0.2, 0.25) is 0 Å². The van der Waals surface area contributed by atoms with E-state index in [1.165, 1.54) is 33.4 Å². The fourth-order valence-corrected chi connectivity index (χ4v) is 6.98. The van der Waals surface area contributed by atoms with Gasteiger partial charge >= 0.3 is 0 Å². The van der Waals surface area contributed by atoms with E-state index in [-0.39, 0.29) is 0 Å². The maximum absolute atomic E-state index is 6.38. The van der Waals surface area contributed by atoms with Gasteiger partial charge in [0.2, 0.25) is 0 Å². The zero-order valence-corrected chi connectivity index (χ0v) is 27.4. The Morgan fingerprint density at radius 2 is 0.800 bits per heavy atom. The van der Waals surface area contributed by atoms with Crippen molar-refractivity contribution in [3.05, 3.63) is 200 Å². The van der Waals surface area contributed by atoms with Gasteiger partial charge in [0, 0.05) is 33.8 Å². The first-order valence-electron chi connectivity index (χ1n) is 17.0. The van der Waals surface area contributed by atoms with E-state index in [1.54, 1.807) is 0 Å². The lowest BCUT2D eigenvalue weighted by Gasteiger charge is -2.28. The first-order chi connectivity index (χ1) is 24.8. The number of hydrogen-bond acceptors (Lipinski definition) is 2. The second-order valence-corrected chi connectivity index (χ2v) is 12.6. The van der Waals surface area contributed by atoms with Crippen molar-refractivity contribution in [2.24, 2.45) is 0 Å². The number of anilines is 3. The van der Waals surface area contributed by atoms with Crippen LogP contribution in [0.25, 0.3) is 66.4 Å². The number of para-hydroxylation sites is 2. The number of benzene rings is 8. The summed E-state index contributed by atoms with van der Waals surface area (Å²) in [6.07, 6.45) is 0. The highest BCUT2D eigenvalue weighted by Gasteiger charge is 2.19. The quantitative estimate of drug-likeness (QED) is 0.173. The Balaban J connectivity index is 1.15. The highest BCUT2D eigenvalue weighted by molar-refractivity contribution is 6.06. The molecular weight excluding hydrogens is 607 g/mol. The summed E-state index contributed by atoms with van der Waals surface area (Å²) in [6.45, 7) is 0. The molecule has 8 aromatic carbocycles. The van der Waals surface area contributed by atoms with Crippen LogP contribution >= 0.6 is 0 Å². The summed E-state index contributed by atoms with van der Waals surface area (Å²) in [7, 11) is 0. The summed E-state index contributed by atoms with van der Waals surface area (Å²) < 4.78 is 6.38. The first-order valence-corrected chi connectivity index (χ1v) is 17.0. The van der Waals surface area contributed by atoms with Crippen molar-refractivity contribution in [2.75, 3.05) is 4.90 Å². The maximum atomic E-state index is 6.38. The molecule has 1 aromatic heterocycles. The SMILES string of the molecule is c1ccc(-c2ccc(-c3ccccc3N(c3ccc(-c4cccc(-c5ccccc5)c4)cc3)c3ccc4c(c3)oc3ccccc34)cc2)cc1. The number of nitrogens with zero attached hydrogens (tertiary/aromatic N) is 1. The Bertz CT molecular complexity index is 2570. The van der Waals surface area contributed by atoms with Gasteiger partial charge < -0.3 is 9.32 Å². The third-order valence-corrected chi connectivity index (χ3v) is 9.50. The molecular formula is C48H33NO. The van der Waals surface area contributed by atoms with Crippen molar-refractivity contribution in [2.45, 2.75) is 0 Å². The van der Waals surface area contributed by atoms with E-state index in [0.717, 1.165) is 50.1 Å². The van der Waals surface area contributed by atoms with Crippen molar-refractivity contribution in [3.63, 3.8) is 0 Å². The third-order valence-electron chi connectivity index (χ3n) is 9.50. The maximum Gasteiger partial charge on any atom is 0.137 e. The van der Waals surface area contributed by atoms with Gasteiger partial charge in [0.25, 0.3) is 0 Å². The fourth-order valence-electron chi connectivity index (χ4n) is 6.98. The molecule has 0 aliphatic carbocycles. The molecule has 0 amide bonds. The van der Waals surface area contributed by atoms with Gasteiger partial charge in [0.15, 0.2) is 0 Å². The highest BCUT2D eigenvalue weighted by atomic mass is 16.3. The zero-order valence-electron chi connectivity index (χ0n) is 27.4. The van der Waals surface area contributed by atoms with Crippen molar-refractivity contribution >= 4 is 39.0 Å². The largest absolute Gasteiger partial charge is 0.456 e. The van der Waals surface area contributed by atoms with Gasteiger partial charge in [-0.15, -0.1) is 0 Å². The van der Waals surface area contributed by atoms with Crippen molar-refractivity contribution in [3.8, 4) is 44.5 Å². The van der Waals surface area contributed by atoms with Crippen LogP contribution in [0.1, 0.15) is 0 Å². The normalized spacial score (nSPS) is 11.2. The molecule has 1 heterocycles. The summed E-state index contributed by atoms with van der Waals surface area (Å²) in [5.41, 5.74) is 14.5. The lowest BCUT2D eigenvalue weighted by atomic mass is 9.97. The number of rotatable bonds is 7. The average molecular weight is 640 g/mol.